The number of amides is 1. The van der Waals surface area contributed by atoms with Crippen molar-refractivity contribution in [1.29, 1.82) is 0 Å². The lowest BCUT2D eigenvalue weighted by Crippen LogP contribution is -2.51. The zero-order valence-corrected chi connectivity index (χ0v) is 19.5. The Hall–Kier alpha value is -2.91. The topological polar surface area (TPSA) is 92.8 Å². The van der Waals surface area contributed by atoms with Crippen LogP contribution >= 0.6 is 0 Å². The third-order valence-electron chi connectivity index (χ3n) is 6.35. The maximum absolute atomic E-state index is 13.4. The molecule has 9 heteroatoms. The van der Waals surface area contributed by atoms with E-state index in [2.05, 4.69) is 0 Å². The summed E-state index contributed by atoms with van der Waals surface area (Å²) in [5.74, 6) is -0.823. The predicted octanol–water partition coefficient (Wildman–Crippen LogP) is 2.36. The van der Waals surface area contributed by atoms with Gasteiger partial charge in [0, 0.05) is 26.2 Å². The van der Waals surface area contributed by atoms with Gasteiger partial charge in [-0.25, -0.2) is 13.2 Å². The highest BCUT2D eigenvalue weighted by Gasteiger charge is 2.33. The molecule has 0 atom stereocenters. The van der Waals surface area contributed by atoms with E-state index in [1.54, 1.807) is 29.2 Å². The average molecular weight is 458 g/mol. The number of carbonyl (C=O) groups excluding carboxylic acids is 1. The second-order valence-corrected chi connectivity index (χ2v) is 10.2. The number of sulfonamides is 1. The maximum Gasteiger partial charge on any atom is 0.420 e. The fraction of sp³-hybridized carbons (Fsp3) is 0.391. The first-order valence-corrected chi connectivity index (χ1v) is 12.0. The predicted molar refractivity (Wildman–Crippen MR) is 121 cm³/mol. The normalized spacial score (nSPS) is 15.4. The lowest BCUT2D eigenvalue weighted by molar-refractivity contribution is -0.133. The lowest BCUT2D eigenvalue weighted by Gasteiger charge is -2.34. The quantitative estimate of drug-likeness (QED) is 0.600. The first-order valence-electron chi connectivity index (χ1n) is 10.5. The Morgan fingerprint density at radius 3 is 2.19 bits per heavy atom. The van der Waals surface area contributed by atoms with Crippen LogP contribution < -0.4 is 5.76 Å². The van der Waals surface area contributed by atoms with Gasteiger partial charge in [-0.1, -0.05) is 18.2 Å². The first kappa shape index (κ1) is 22.3. The van der Waals surface area contributed by atoms with Crippen LogP contribution in [0.2, 0.25) is 0 Å². The molecule has 0 spiro atoms. The van der Waals surface area contributed by atoms with Gasteiger partial charge < -0.3 is 9.32 Å². The molecule has 0 N–H and O–H groups in total. The van der Waals surface area contributed by atoms with Gasteiger partial charge in [-0.3, -0.25) is 9.36 Å². The Kier molecular flexibility index (Phi) is 5.72. The summed E-state index contributed by atoms with van der Waals surface area (Å²) < 4.78 is 34.8. The second kappa shape index (κ2) is 8.22. The largest absolute Gasteiger partial charge is 0.420 e. The van der Waals surface area contributed by atoms with E-state index in [1.807, 2.05) is 33.8 Å². The molecule has 0 aliphatic carbocycles. The fourth-order valence-corrected chi connectivity index (χ4v) is 6.27. The molecule has 1 fully saturated rings. The summed E-state index contributed by atoms with van der Waals surface area (Å²) in [4.78, 5) is 27.0. The minimum absolute atomic E-state index is 0.141. The smallest absolute Gasteiger partial charge is 0.408 e. The molecule has 1 aliphatic heterocycles. The highest BCUT2D eigenvalue weighted by Crippen LogP contribution is 2.29. The van der Waals surface area contributed by atoms with Crippen LogP contribution in [0.25, 0.3) is 11.1 Å². The molecule has 0 radical (unpaired) electrons. The molecule has 0 saturated carbocycles. The van der Waals surface area contributed by atoms with E-state index in [0.717, 1.165) is 22.3 Å². The minimum Gasteiger partial charge on any atom is -0.408 e. The van der Waals surface area contributed by atoms with Gasteiger partial charge in [0.1, 0.15) is 6.54 Å². The number of carbonyl (C=O) groups is 1. The average Bonchev–Trinajstić information content (AvgIpc) is 3.07. The maximum atomic E-state index is 13.4. The van der Waals surface area contributed by atoms with E-state index in [0.29, 0.717) is 16.0 Å². The molecule has 1 saturated heterocycles. The number of benzene rings is 2. The summed E-state index contributed by atoms with van der Waals surface area (Å²) in [5, 5.41) is 0. The van der Waals surface area contributed by atoms with Crippen LogP contribution in [0.5, 0.6) is 0 Å². The minimum atomic E-state index is -3.68. The van der Waals surface area contributed by atoms with Crippen molar-refractivity contribution in [2.45, 2.75) is 39.1 Å². The molecule has 1 amide bonds. The van der Waals surface area contributed by atoms with Crippen molar-refractivity contribution in [2.75, 3.05) is 26.2 Å². The molecule has 3 aromatic rings. The monoisotopic (exact) mass is 457 g/mol. The highest BCUT2D eigenvalue weighted by atomic mass is 32.2. The molecule has 170 valence electrons. The number of hydrogen-bond donors (Lipinski definition) is 0. The fourth-order valence-electron chi connectivity index (χ4n) is 4.27. The zero-order valence-electron chi connectivity index (χ0n) is 18.7. The molecule has 0 unspecified atom stereocenters. The van der Waals surface area contributed by atoms with Crippen molar-refractivity contribution < 1.29 is 17.6 Å². The number of piperazine rings is 1. The summed E-state index contributed by atoms with van der Waals surface area (Å²) in [6.45, 7) is 8.32. The van der Waals surface area contributed by atoms with Crippen molar-refractivity contribution >= 4 is 27.0 Å². The van der Waals surface area contributed by atoms with Crippen molar-refractivity contribution in [3.63, 3.8) is 0 Å². The van der Waals surface area contributed by atoms with E-state index < -0.39 is 15.8 Å². The molecular weight excluding hydrogens is 430 g/mol. The van der Waals surface area contributed by atoms with E-state index in [-0.39, 0.29) is 38.6 Å². The summed E-state index contributed by atoms with van der Waals surface area (Å²) in [6.07, 6.45) is 0. The van der Waals surface area contributed by atoms with Gasteiger partial charge in [-0.05, 0) is 62.1 Å². The zero-order chi connectivity index (χ0) is 23.2. The SMILES string of the molecule is Cc1cc(C)c(C)c(S(=O)(=O)N2CCN(C(=O)Cn3c(=O)oc4ccccc43)CC2)c1C. The van der Waals surface area contributed by atoms with E-state index in [1.165, 1.54) is 8.87 Å². The van der Waals surface area contributed by atoms with Crippen LogP contribution in [0.3, 0.4) is 0 Å². The van der Waals surface area contributed by atoms with E-state index >= 15 is 0 Å². The standard InChI is InChI=1S/C23H27N3O5S/c1-15-13-16(2)18(4)22(17(15)3)32(29,30)25-11-9-24(10-12-25)21(27)14-26-19-7-5-6-8-20(19)31-23(26)28/h5-8,13H,9-12,14H2,1-4H3. The highest BCUT2D eigenvalue weighted by molar-refractivity contribution is 7.89. The van der Waals surface area contributed by atoms with Crippen LogP contribution in [0.1, 0.15) is 22.3 Å². The van der Waals surface area contributed by atoms with Crippen LogP contribution in [-0.4, -0.2) is 54.3 Å². The number of fused-ring (bicyclic) bond motifs is 1. The Morgan fingerprint density at radius 2 is 1.56 bits per heavy atom. The number of aromatic nitrogens is 1. The van der Waals surface area contributed by atoms with Gasteiger partial charge in [0.25, 0.3) is 0 Å². The number of hydrogen-bond acceptors (Lipinski definition) is 5. The lowest BCUT2D eigenvalue weighted by atomic mass is 10.0. The van der Waals surface area contributed by atoms with Crippen molar-refractivity contribution in [2.24, 2.45) is 0 Å². The number of oxazole rings is 1. The van der Waals surface area contributed by atoms with Gasteiger partial charge in [0.2, 0.25) is 15.9 Å². The Labute approximate surface area is 187 Å². The van der Waals surface area contributed by atoms with E-state index in [4.69, 9.17) is 4.42 Å². The summed E-state index contributed by atoms with van der Waals surface area (Å²) in [7, 11) is -3.68. The number of rotatable bonds is 4. The number of para-hydroxylation sites is 2. The molecule has 2 heterocycles. The van der Waals surface area contributed by atoms with Crippen molar-refractivity contribution in [1.82, 2.24) is 13.8 Å². The third-order valence-corrected chi connectivity index (χ3v) is 8.53. The molecule has 8 nitrogen and oxygen atoms in total. The Bertz CT molecular complexity index is 1340. The number of aryl methyl sites for hydroxylation is 2. The van der Waals surface area contributed by atoms with Gasteiger partial charge in [-0.2, -0.15) is 4.31 Å². The first-order chi connectivity index (χ1) is 15.1. The third kappa shape index (κ3) is 3.75. The molecule has 1 aliphatic rings. The van der Waals surface area contributed by atoms with Gasteiger partial charge in [0.05, 0.1) is 10.4 Å². The van der Waals surface area contributed by atoms with Gasteiger partial charge >= 0.3 is 5.76 Å². The second-order valence-electron chi connectivity index (χ2n) is 8.30. The Morgan fingerprint density at radius 1 is 0.969 bits per heavy atom. The molecule has 1 aromatic heterocycles. The van der Waals surface area contributed by atoms with Crippen LogP contribution in [-0.2, 0) is 21.4 Å². The summed E-state index contributed by atoms with van der Waals surface area (Å²) in [6, 6.07) is 8.95. The molecule has 2 aromatic carbocycles. The van der Waals surface area contributed by atoms with Crippen LogP contribution in [0, 0.1) is 27.7 Å². The molecule has 4 rings (SSSR count). The van der Waals surface area contributed by atoms with Crippen molar-refractivity contribution in [3.8, 4) is 0 Å². The van der Waals surface area contributed by atoms with Gasteiger partial charge in [-0.15, -0.1) is 0 Å². The van der Waals surface area contributed by atoms with Crippen molar-refractivity contribution in [3.05, 3.63) is 63.1 Å². The van der Waals surface area contributed by atoms with E-state index in [9.17, 15) is 18.0 Å². The molecule has 0 bridgehead atoms. The number of nitrogens with zero attached hydrogens (tertiary/aromatic N) is 3. The molecular formula is C23H27N3O5S. The molecule has 32 heavy (non-hydrogen) atoms. The van der Waals surface area contributed by atoms with Crippen LogP contribution in [0.15, 0.2) is 44.4 Å². The van der Waals surface area contributed by atoms with Crippen LogP contribution in [0.4, 0.5) is 0 Å². The summed E-state index contributed by atoms with van der Waals surface area (Å²) >= 11 is 0. The summed E-state index contributed by atoms with van der Waals surface area (Å²) in [5.41, 5.74) is 4.40. The van der Waals surface area contributed by atoms with Gasteiger partial charge in [0.15, 0.2) is 5.58 Å². The Balaban J connectivity index is 1.50.